The van der Waals surface area contributed by atoms with Gasteiger partial charge in [-0.05, 0) is 5.56 Å². The van der Waals surface area contributed by atoms with E-state index in [4.69, 9.17) is 20.8 Å². The Kier molecular flexibility index (Phi) is 5.11. The second-order valence-electron chi connectivity index (χ2n) is 4.61. The molecule has 0 aliphatic rings. The number of aliphatic hydroxyl groups is 1. The van der Waals surface area contributed by atoms with Crippen molar-refractivity contribution in [1.82, 2.24) is 9.97 Å². The summed E-state index contributed by atoms with van der Waals surface area (Å²) < 4.78 is 5.27. The molecule has 2 rings (SSSR count). The number of nitrogen functional groups attached to an aromatic ring is 1. The monoisotopic (exact) mass is 299 g/mol. The zero-order chi connectivity index (χ0) is 15.9. The van der Waals surface area contributed by atoms with Gasteiger partial charge in [-0.25, -0.2) is 0 Å². The molecule has 1 aromatic heterocycles. The van der Waals surface area contributed by atoms with Gasteiger partial charge in [0.15, 0.2) is 11.4 Å². The number of hydrogen-bond acceptors (Lipinski definition) is 7. The summed E-state index contributed by atoms with van der Waals surface area (Å²) in [4.78, 5) is 10.2. The molecule has 0 bridgehead atoms. The number of anilines is 2. The average Bonchev–Trinajstić information content (AvgIpc) is 2.53. The lowest BCUT2D eigenvalue weighted by Crippen LogP contribution is -2.21. The van der Waals surface area contributed by atoms with E-state index in [-0.39, 0.29) is 30.5 Å². The SMILES string of the molecule is CN(Cc1ccccc1)c1nc(N)c(C#N)c(OCCO)n1. The Morgan fingerprint density at radius 3 is 2.68 bits per heavy atom. The van der Waals surface area contributed by atoms with Gasteiger partial charge >= 0.3 is 0 Å². The summed E-state index contributed by atoms with van der Waals surface area (Å²) in [7, 11) is 1.82. The largest absolute Gasteiger partial charge is 0.474 e. The molecule has 1 aromatic carbocycles. The minimum Gasteiger partial charge on any atom is -0.474 e. The fourth-order valence-electron chi connectivity index (χ4n) is 1.90. The third-order valence-corrected chi connectivity index (χ3v) is 2.94. The number of ether oxygens (including phenoxy) is 1. The van der Waals surface area contributed by atoms with E-state index in [0.717, 1.165) is 5.56 Å². The summed E-state index contributed by atoms with van der Waals surface area (Å²) in [5, 5.41) is 17.9. The summed E-state index contributed by atoms with van der Waals surface area (Å²) in [6.07, 6.45) is 0. The average molecular weight is 299 g/mol. The molecule has 0 amide bonds. The number of benzene rings is 1. The molecule has 2 aromatic rings. The molecule has 22 heavy (non-hydrogen) atoms. The Morgan fingerprint density at radius 1 is 1.32 bits per heavy atom. The van der Waals surface area contributed by atoms with Gasteiger partial charge in [-0.1, -0.05) is 30.3 Å². The second-order valence-corrected chi connectivity index (χ2v) is 4.61. The van der Waals surface area contributed by atoms with Crippen molar-refractivity contribution in [3.63, 3.8) is 0 Å². The van der Waals surface area contributed by atoms with Gasteiger partial charge in [-0.2, -0.15) is 15.2 Å². The fraction of sp³-hybridized carbons (Fsp3) is 0.267. The fourth-order valence-corrected chi connectivity index (χ4v) is 1.90. The molecule has 0 radical (unpaired) electrons. The molecule has 114 valence electrons. The molecular formula is C15H17N5O2. The number of aliphatic hydroxyl groups excluding tert-OH is 1. The number of nitriles is 1. The highest BCUT2D eigenvalue weighted by atomic mass is 16.5. The van der Waals surface area contributed by atoms with Crippen LogP contribution >= 0.6 is 0 Å². The third kappa shape index (κ3) is 3.62. The Balaban J connectivity index is 2.27. The Hall–Kier alpha value is -2.85. The highest BCUT2D eigenvalue weighted by molar-refractivity contribution is 5.57. The van der Waals surface area contributed by atoms with Crippen LogP contribution in [0.4, 0.5) is 11.8 Å². The second kappa shape index (κ2) is 7.24. The number of nitrogens with two attached hydrogens (primary N) is 1. The molecule has 1 heterocycles. The molecule has 0 spiro atoms. The Morgan fingerprint density at radius 2 is 2.05 bits per heavy atom. The predicted molar refractivity (Wildman–Crippen MR) is 82.3 cm³/mol. The molecule has 0 saturated heterocycles. The van der Waals surface area contributed by atoms with E-state index in [1.165, 1.54) is 0 Å². The van der Waals surface area contributed by atoms with E-state index < -0.39 is 0 Å². The number of nitrogens with zero attached hydrogens (tertiary/aromatic N) is 4. The van der Waals surface area contributed by atoms with Crippen molar-refractivity contribution in [2.75, 3.05) is 30.9 Å². The quantitative estimate of drug-likeness (QED) is 0.817. The standard InChI is InChI=1S/C15H17N5O2/c1-20(10-11-5-3-2-4-6-11)15-18-13(17)12(9-16)14(19-15)22-8-7-21/h2-6,21H,7-8,10H2,1H3,(H2,17,18,19). The van der Waals surface area contributed by atoms with Gasteiger partial charge in [-0.15, -0.1) is 0 Å². The maximum atomic E-state index is 9.10. The van der Waals surface area contributed by atoms with Crippen molar-refractivity contribution in [3.05, 3.63) is 41.5 Å². The molecule has 7 heteroatoms. The topological polar surface area (TPSA) is 108 Å². The van der Waals surface area contributed by atoms with Crippen LogP contribution in [0.1, 0.15) is 11.1 Å². The first-order valence-electron chi connectivity index (χ1n) is 6.72. The zero-order valence-electron chi connectivity index (χ0n) is 12.2. The van der Waals surface area contributed by atoms with Crippen molar-refractivity contribution in [3.8, 4) is 11.9 Å². The highest BCUT2D eigenvalue weighted by Crippen LogP contribution is 2.23. The number of rotatable bonds is 6. The van der Waals surface area contributed by atoms with Crippen molar-refractivity contribution in [1.29, 1.82) is 5.26 Å². The maximum Gasteiger partial charge on any atom is 0.238 e. The van der Waals surface area contributed by atoms with E-state index in [9.17, 15) is 0 Å². The van der Waals surface area contributed by atoms with Gasteiger partial charge in [0.1, 0.15) is 12.7 Å². The molecule has 0 unspecified atom stereocenters. The van der Waals surface area contributed by atoms with Crippen LogP contribution < -0.4 is 15.4 Å². The van der Waals surface area contributed by atoms with Crippen LogP contribution in [-0.4, -0.2) is 35.3 Å². The van der Waals surface area contributed by atoms with Gasteiger partial charge in [-0.3, -0.25) is 0 Å². The molecule has 7 nitrogen and oxygen atoms in total. The van der Waals surface area contributed by atoms with Crippen molar-refractivity contribution in [2.24, 2.45) is 0 Å². The van der Waals surface area contributed by atoms with Crippen LogP contribution in [0.15, 0.2) is 30.3 Å². The molecule has 3 N–H and O–H groups in total. The van der Waals surface area contributed by atoms with Crippen LogP contribution in [0.25, 0.3) is 0 Å². The molecule has 0 atom stereocenters. The van der Waals surface area contributed by atoms with Crippen molar-refractivity contribution >= 4 is 11.8 Å². The van der Waals surface area contributed by atoms with Crippen LogP contribution in [0.2, 0.25) is 0 Å². The van der Waals surface area contributed by atoms with Crippen molar-refractivity contribution < 1.29 is 9.84 Å². The van der Waals surface area contributed by atoms with Gasteiger partial charge < -0.3 is 20.5 Å². The summed E-state index contributed by atoms with van der Waals surface area (Å²) in [5.74, 6) is 0.493. The number of aromatic nitrogens is 2. The first kappa shape index (κ1) is 15.5. The van der Waals surface area contributed by atoms with Crippen molar-refractivity contribution in [2.45, 2.75) is 6.54 Å². The number of hydrogen-bond donors (Lipinski definition) is 2. The summed E-state index contributed by atoms with van der Waals surface area (Å²) in [5.41, 5.74) is 6.96. The van der Waals surface area contributed by atoms with Crippen LogP contribution in [0.3, 0.4) is 0 Å². The van der Waals surface area contributed by atoms with Gasteiger partial charge in [0.2, 0.25) is 11.8 Å². The normalized spacial score (nSPS) is 10.0. The summed E-state index contributed by atoms with van der Waals surface area (Å²) >= 11 is 0. The summed E-state index contributed by atoms with van der Waals surface area (Å²) in [6.45, 7) is 0.447. The van der Waals surface area contributed by atoms with Gasteiger partial charge in [0, 0.05) is 13.6 Å². The van der Waals surface area contributed by atoms with E-state index in [0.29, 0.717) is 12.5 Å². The minimum absolute atomic E-state index is 0.0347. The minimum atomic E-state index is -0.177. The van der Waals surface area contributed by atoms with E-state index >= 15 is 0 Å². The lowest BCUT2D eigenvalue weighted by Gasteiger charge is -2.18. The maximum absolute atomic E-state index is 9.10. The van der Waals surface area contributed by atoms with Crippen LogP contribution in [0, 0.1) is 11.3 Å². The van der Waals surface area contributed by atoms with Gasteiger partial charge in [0.25, 0.3) is 0 Å². The van der Waals surface area contributed by atoms with Gasteiger partial charge in [0.05, 0.1) is 6.61 Å². The van der Waals surface area contributed by atoms with Crippen LogP contribution in [0.5, 0.6) is 5.88 Å². The third-order valence-electron chi connectivity index (χ3n) is 2.94. The Bertz CT molecular complexity index is 670. The van der Waals surface area contributed by atoms with E-state index in [1.54, 1.807) is 4.90 Å². The van der Waals surface area contributed by atoms with E-state index in [1.807, 2.05) is 43.4 Å². The molecule has 0 saturated carbocycles. The zero-order valence-corrected chi connectivity index (χ0v) is 12.2. The molecule has 0 aliphatic carbocycles. The molecule has 0 fully saturated rings. The smallest absolute Gasteiger partial charge is 0.238 e. The summed E-state index contributed by atoms with van der Waals surface area (Å²) in [6, 6.07) is 11.7. The Labute approximate surface area is 128 Å². The van der Waals surface area contributed by atoms with Crippen LogP contribution in [-0.2, 0) is 6.54 Å². The highest BCUT2D eigenvalue weighted by Gasteiger charge is 2.16. The first-order chi connectivity index (χ1) is 10.7. The molecular weight excluding hydrogens is 282 g/mol. The molecule has 0 aliphatic heterocycles. The predicted octanol–water partition coefficient (Wildman–Crippen LogP) is 0.938. The lowest BCUT2D eigenvalue weighted by atomic mass is 10.2. The lowest BCUT2D eigenvalue weighted by molar-refractivity contribution is 0.196. The van der Waals surface area contributed by atoms with E-state index in [2.05, 4.69) is 9.97 Å². The first-order valence-corrected chi connectivity index (χ1v) is 6.72.